The Bertz CT molecular complexity index is 2950. The Kier molecular flexibility index (Phi) is 46.9. The fraction of sp³-hybridized carbons (Fsp3) is 0.760. The molecule has 0 aliphatic carbocycles. The Hall–Kier alpha value is -4.24. The van der Waals surface area contributed by atoms with E-state index in [9.17, 15) is 0 Å². The molecule has 0 bridgehead atoms. The Labute approximate surface area is 633 Å². The van der Waals surface area contributed by atoms with Crippen LogP contribution in [0.1, 0.15) is 312 Å². The highest BCUT2D eigenvalue weighted by Gasteiger charge is 2.16. The van der Waals surface area contributed by atoms with Crippen molar-refractivity contribution < 1.29 is 0 Å². The highest BCUT2D eigenvalue weighted by Crippen LogP contribution is 2.25. The van der Waals surface area contributed by atoms with Crippen LogP contribution in [-0.2, 0) is 64.2 Å². The van der Waals surface area contributed by atoms with Gasteiger partial charge in [0.15, 0.2) is 30.9 Å². The second kappa shape index (κ2) is 55.2. The average molecular weight is 1500 g/mol. The molecular formula is C75H124N20S6. The van der Waals surface area contributed by atoms with E-state index in [0.717, 1.165) is 284 Å². The maximum atomic E-state index is 5.09. The van der Waals surface area contributed by atoms with Gasteiger partial charge in [-0.1, -0.05) is 221 Å². The number of aryl methyl sites for hydroxylation is 10. The monoisotopic (exact) mass is 1500 g/mol. The van der Waals surface area contributed by atoms with Gasteiger partial charge in [0.2, 0.25) is 11.9 Å². The quantitative estimate of drug-likeness (QED) is 0.0266. The van der Waals surface area contributed by atoms with Crippen LogP contribution in [-0.4, -0.2) is 138 Å². The maximum Gasteiger partial charge on any atom is 0.226 e. The third kappa shape index (κ3) is 38.6. The summed E-state index contributed by atoms with van der Waals surface area (Å²) in [7, 11) is 3.75. The molecule has 6 rings (SSSR count). The van der Waals surface area contributed by atoms with Gasteiger partial charge in [-0.3, -0.25) is 0 Å². The van der Waals surface area contributed by atoms with Crippen molar-refractivity contribution >= 4 is 82.5 Å². The van der Waals surface area contributed by atoms with Gasteiger partial charge in [0, 0.05) is 113 Å². The molecule has 0 amide bonds. The summed E-state index contributed by atoms with van der Waals surface area (Å²) >= 11 is 10.6. The van der Waals surface area contributed by atoms with Crippen molar-refractivity contribution in [1.82, 2.24) is 89.7 Å². The molecule has 26 heteroatoms. The Balaban J connectivity index is 0.968. The Morgan fingerprint density at radius 1 is 0.178 bits per heavy atom. The molecule has 20 nitrogen and oxygen atoms in total. The molecule has 560 valence electrons. The predicted octanol–water partition coefficient (Wildman–Crippen LogP) is 19.4. The zero-order valence-corrected chi connectivity index (χ0v) is 68.0. The van der Waals surface area contributed by atoms with Gasteiger partial charge < -0.3 is 10.6 Å². The maximum absolute atomic E-state index is 5.09. The normalized spacial score (nSPS) is 11.6. The van der Waals surface area contributed by atoms with Crippen LogP contribution in [0.25, 0.3) is 0 Å². The number of hydrogen-bond acceptors (Lipinski definition) is 26. The lowest BCUT2D eigenvalue weighted by atomic mass is 10.1. The molecule has 0 aliphatic heterocycles. The Morgan fingerprint density at radius 2 is 0.337 bits per heavy atom. The van der Waals surface area contributed by atoms with Crippen molar-refractivity contribution in [2.75, 3.05) is 59.2 Å². The summed E-state index contributed by atoms with van der Waals surface area (Å²) in [6.45, 7) is 13.5. The third-order valence-corrected chi connectivity index (χ3v) is 22.6. The lowest BCUT2D eigenvalue weighted by molar-refractivity contribution is 0.598. The molecule has 6 aromatic heterocycles. The molecule has 101 heavy (non-hydrogen) atoms. The van der Waals surface area contributed by atoms with Crippen molar-refractivity contribution in [3.05, 3.63) is 58.2 Å². The van der Waals surface area contributed by atoms with E-state index in [1.807, 2.05) is 14.1 Å². The first-order valence-electron chi connectivity index (χ1n) is 39.3. The van der Waals surface area contributed by atoms with Crippen LogP contribution in [0.5, 0.6) is 0 Å². The number of hydrogen-bond donors (Lipinski definition) is 2. The molecule has 2 N–H and O–H groups in total. The fourth-order valence-corrected chi connectivity index (χ4v) is 16.3. The van der Waals surface area contributed by atoms with Gasteiger partial charge in [0.05, 0.1) is 0 Å². The number of anilines is 2. The molecule has 0 aliphatic rings. The van der Waals surface area contributed by atoms with Gasteiger partial charge in [-0.05, 0) is 103 Å². The second-order valence-electron chi connectivity index (χ2n) is 26.2. The van der Waals surface area contributed by atoms with E-state index in [1.54, 1.807) is 70.6 Å². The number of rotatable bonds is 62. The third-order valence-electron chi connectivity index (χ3n) is 17.0. The molecule has 6 heterocycles. The smallest absolute Gasteiger partial charge is 0.226 e. The summed E-state index contributed by atoms with van der Waals surface area (Å²) < 4.78 is 0. The largest absolute Gasteiger partial charge is 0.357 e. The van der Waals surface area contributed by atoms with Gasteiger partial charge >= 0.3 is 0 Å². The minimum absolute atomic E-state index is 0.652. The minimum atomic E-state index is 0.652. The van der Waals surface area contributed by atoms with Gasteiger partial charge in [-0.2, -0.15) is 19.9 Å². The van der Waals surface area contributed by atoms with E-state index in [2.05, 4.69) is 72.1 Å². The highest BCUT2D eigenvalue weighted by atomic mass is 32.2. The zero-order chi connectivity index (χ0) is 71.4. The highest BCUT2D eigenvalue weighted by molar-refractivity contribution is 8.00. The van der Waals surface area contributed by atoms with E-state index >= 15 is 0 Å². The van der Waals surface area contributed by atoms with Crippen LogP contribution in [0.4, 0.5) is 11.9 Å². The Morgan fingerprint density at radius 3 is 0.495 bits per heavy atom. The molecule has 0 unspecified atom stereocenters. The number of nitrogens with one attached hydrogen (secondary N) is 2. The lowest BCUT2D eigenvalue weighted by Crippen LogP contribution is -2.08. The van der Waals surface area contributed by atoms with E-state index in [-0.39, 0.29) is 0 Å². The van der Waals surface area contributed by atoms with Crippen molar-refractivity contribution in [2.45, 2.75) is 349 Å². The second-order valence-corrected chi connectivity index (χ2v) is 32.5. The van der Waals surface area contributed by atoms with Gasteiger partial charge in [-0.25, -0.2) is 69.8 Å². The van der Waals surface area contributed by atoms with E-state index < -0.39 is 0 Å². The molecule has 0 saturated carbocycles. The van der Waals surface area contributed by atoms with Crippen molar-refractivity contribution in [2.24, 2.45) is 0 Å². The van der Waals surface area contributed by atoms with Crippen molar-refractivity contribution in [3.8, 4) is 0 Å². The first-order valence-corrected chi connectivity index (χ1v) is 45.2. The molecular weight excluding hydrogens is 1370 g/mol. The van der Waals surface area contributed by atoms with Crippen molar-refractivity contribution in [3.63, 3.8) is 0 Å². The molecule has 0 saturated heterocycles. The van der Waals surface area contributed by atoms with E-state index in [4.69, 9.17) is 69.8 Å². The summed E-state index contributed by atoms with van der Waals surface area (Å²) in [5.74, 6) is 16.6. The first-order chi connectivity index (χ1) is 49.7. The standard InChI is InChI=1S/C75H124N20S6/c1-9-15-36-52-96-70-84-58(78-60(86-70)44-28-22-30-46-62-80-64(90-72(88-62)98-54-38-17-11-3)48-32-24-34-50-66-82-68(76-7)94-74(92-66)100-56-40-19-13-5)42-26-21-27-43-59-79-61(87-71(85-59)97-53-37-16-10-2)45-29-23-31-47-63-81-65(91-73(89-63)99-55-39-18-12-4)49-33-25-35-51-67-83-69(77-8)95-75(93-67)101-57-41-20-14-6/h9-57H2,1-8H3,(H,76,82,92,94)(H,77,83,93,95). The molecule has 0 radical (unpaired) electrons. The van der Waals surface area contributed by atoms with Crippen LogP contribution in [0.15, 0.2) is 30.9 Å². The number of unbranched alkanes of at least 4 members (excludes halogenated alkanes) is 22. The van der Waals surface area contributed by atoms with E-state index in [1.165, 1.54) is 116 Å². The summed E-state index contributed by atoms with van der Waals surface area (Å²) in [6.07, 6.45) is 45.3. The number of thioether (sulfide) groups is 6. The van der Waals surface area contributed by atoms with Crippen LogP contribution in [0.2, 0.25) is 0 Å². The first kappa shape index (κ1) is 85.7. The topological polar surface area (TPSA) is 256 Å². The number of aromatic nitrogens is 18. The van der Waals surface area contributed by atoms with Gasteiger partial charge in [-0.15, -0.1) is 0 Å². The summed E-state index contributed by atoms with van der Waals surface area (Å²) in [5.41, 5.74) is 0. The number of nitrogens with zero attached hydrogens (tertiary/aromatic N) is 18. The molecule has 0 spiro atoms. The fourth-order valence-electron chi connectivity index (χ4n) is 11.1. The summed E-state index contributed by atoms with van der Waals surface area (Å²) in [6, 6.07) is 0. The van der Waals surface area contributed by atoms with Crippen LogP contribution >= 0.6 is 70.6 Å². The van der Waals surface area contributed by atoms with Gasteiger partial charge in [0.25, 0.3) is 0 Å². The SMILES string of the molecule is CCCCCSc1nc(CCCCCc2nc(CCCCCc3nc(CCCCCc4nc(NC)nc(SCCCCC)n4)nc(SCCCCC)n3)nc(SCCCCC)n2)nc(CCCCCc2nc(CCCCCc3nc(NC)nc(SCCCCC)n3)nc(SCCCCC)n2)n1. The zero-order valence-electron chi connectivity index (χ0n) is 63.1. The molecule has 6 aromatic rings. The molecule has 0 atom stereocenters. The van der Waals surface area contributed by atoms with Crippen LogP contribution in [0, 0.1) is 0 Å². The van der Waals surface area contributed by atoms with Crippen LogP contribution < -0.4 is 10.6 Å². The van der Waals surface area contributed by atoms with Gasteiger partial charge in [0.1, 0.15) is 58.2 Å². The average Bonchev–Trinajstić information content (AvgIpc) is 0.977. The lowest BCUT2D eigenvalue weighted by Gasteiger charge is -2.09. The molecule has 0 aromatic carbocycles. The van der Waals surface area contributed by atoms with Crippen LogP contribution in [0.3, 0.4) is 0 Å². The van der Waals surface area contributed by atoms with Crippen molar-refractivity contribution in [1.29, 1.82) is 0 Å². The summed E-state index contributed by atoms with van der Waals surface area (Å²) in [5, 5.41) is 11.4. The van der Waals surface area contributed by atoms with E-state index in [0.29, 0.717) is 11.9 Å². The molecule has 0 fully saturated rings. The summed E-state index contributed by atoms with van der Waals surface area (Å²) in [4.78, 5) is 88.4. The minimum Gasteiger partial charge on any atom is -0.357 e. The predicted molar refractivity (Wildman–Crippen MR) is 426 cm³/mol.